The van der Waals surface area contributed by atoms with Gasteiger partial charge in [-0.15, -0.1) is 12.4 Å². The summed E-state index contributed by atoms with van der Waals surface area (Å²) in [4.78, 5) is 13.8. The number of guanidine groups is 2. The first kappa shape index (κ1) is 21.3. The summed E-state index contributed by atoms with van der Waals surface area (Å²) in [5.74, 6) is 0.338. The molecule has 24 heavy (non-hydrogen) atoms. The second-order valence-corrected chi connectivity index (χ2v) is 7.19. The van der Waals surface area contributed by atoms with E-state index in [1.54, 1.807) is 6.07 Å². The van der Waals surface area contributed by atoms with Crippen LogP contribution < -0.4 is 11.5 Å². The molecule has 1 aromatic carbocycles. The first-order chi connectivity index (χ1) is 10.7. The number of nitrogens with two attached hydrogens (primary N) is 2. The van der Waals surface area contributed by atoms with Crippen LogP contribution in [0.1, 0.15) is 25.8 Å². The topological polar surface area (TPSA) is 89.2 Å². The molecule has 10 heteroatoms. The van der Waals surface area contributed by atoms with Crippen molar-refractivity contribution >= 4 is 63.5 Å². The summed E-state index contributed by atoms with van der Waals surface area (Å²) in [5, 5.41) is 2.52. The maximum atomic E-state index is 6.04. The lowest BCUT2D eigenvalue weighted by Crippen LogP contribution is -2.53. The highest BCUT2D eigenvalue weighted by Gasteiger charge is 2.32. The van der Waals surface area contributed by atoms with Gasteiger partial charge in [0.1, 0.15) is 0 Å². The van der Waals surface area contributed by atoms with Crippen molar-refractivity contribution in [1.82, 2.24) is 5.06 Å². The number of aryl methyl sites for hydroxylation is 1. The molecule has 6 nitrogen and oxygen atoms in total. The molecule has 0 saturated heterocycles. The Hall–Kier alpha value is -0.730. The quantitative estimate of drug-likeness (QED) is 0.519. The molecule has 1 aromatic rings. The number of nitrogens with zero attached hydrogens (tertiary/aromatic N) is 3. The molecular formula is C14H19BrCl3N5O. The monoisotopic (exact) mass is 457 g/mol. The van der Waals surface area contributed by atoms with E-state index in [0.29, 0.717) is 16.7 Å². The first-order valence-electron chi connectivity index (χ1n) is 6.97. The summed E-state index contributed by atoms with van der Waals surface area (Å²) in [6.45, 7) is 4.13. The number of benzene rings is 1. The Kier molecular flexibility index (Phi) is 7.62. The van der Waals surface area contributed by atoms with Crippen LogP contribution in [0, 0.1) is 0 Å². The van der Waals surface area contributed by atoms with Crippen LogP contribution in [0.4, 0.5) is 0 Å². The fraction of sp³-hybridized carbons (Fsp3) is 0.429. The summed E-state index contributed by atoms with van der Waals surface area (Å²) in [6.07, 6.45) is 1.53. The van der Waals surface area contributed by atoms with Crippen LogP contribution >= 0.6 is 51.5 Å². The van der Waals surface area contributed by atoms with Crippen LogP contribution in [0.3, 0.4) is 0 Å². The fourth-order valence-electron chi connectivity index (χ4n) is 2.19. The minimum atomic E-state index is -0.694. The van der Waals surface area contributed by atoms with Crippen molar-refractivity contribution in [3.05, 3.63) is 32.2 Å². The molecule has 0 saturated carbocycles. The van der Waals surface area contributed by atoms with Crippen LogP contribution in [0.5, 0.6) is 0 Å². The summed E-state index contributed by atoms with van der Waals surface area (Å²) >= 11 is 15.5. The largest absolute Gasteiger partial charge is 0.368 e. The van der Waals surface area contributed by atoms with Crippen LogP contribution in [0.15, 0.2) is 26.6 Å². The Morgan fingerprint density at radius 2 is 1.88 bits per heavy atom. The van der Waals surface area contributed by atoms with Crippen molar-refractivity contribution < 1.29 is 4.84 Å². The molecule has 134 valence electrons. The molecule has 0 fully saturated rings. The molecule has 0 unspecified atom stereocenters. The van der Waals surface area contributed by atoms with Gasteiger partial charge >= 0.3 is 0 Å². The third-order valence-corrected chi connectivity index (χ3v) is 4.68. The molecule has 0 radical (unpaired) electrons. The summed E-state index contributed by atoms with van der Waals surface area (Å²) in [5.41, 5.74) is 11.8. The van der Waals surface area contributed by atoms with Gasteiger partial charge in [0.25, 0.3) is 0 Å². The molecule has 0 aliphatic carbocycles. The van der Waals surface area contributed by atoms with E-state index in [9.17, 15) is 0 Å². The SMILES string of the molecule is CC1(C)N=C(N)N=C(N)N1OCCCc1cc(Cl)c(Cl)cc1Br.Cl. The fourth-order valence-corrected chi connectivity index (χ4v) is 3.22. The molecule has 1 aliphatic rings. The zero-order valence-electron chi connectivity index (χ0n) is 13.2. The van der Waals surface area contributed by atoms with Gasteiger partial charge in [-0.1, -0.05) is 39.1 Å². The lowest BCUT2D eigenvalue weighted by atomic mass is 10.1. The van der Waals surface area contributed by atoms with E-state index in [4.69, 9.17) is 39.5 Å². The summed E-state index contributed by atoms with van der Waals surface area (Å²) in [7, 11) is 0. The summed E-state index contributed by atoms with van der Waals surface area (Å²) < 4.78 is 0.920. The van der Waals surface area contributed by atoms with Crippen LogP contribution in [0.25, 0.3) is 0 Å². The standard InChI is InChI=1S/C14H18BrCl2N5O.ClH/c1-14(2)21-12(18)20-13(19)22(14)23-5-3-4-8-6-10(16)11(17)7-9(8)15;/h6-7H,3-5H2,1-2H3,(H4,18,19,20,21);1H. The highest BCUT2D eigenvalue weighted by molar-refractivity contribution is 9.10. The Bertz CT molecular complexity index is 666. The van der Waals surface area contributed by atoms with Gasteiger partial charge < -0.3 is 11.5 Å². The van der Waals surface area contributed by atoms with Crippen molar-refractivity contribution in [2.45, 2.75) is 32.4 Å². The average molecular weight is 460 g/mol. The zero-order chi connectivity index (χ0) is 17.2. The van der Waals surface area contributed by atoms with E-state index in [0.717, 1.165) is 22.9 Å². The molecule has 0 amide bonds. The van der Waals surface area contributed by atoms with E-state index < -0.39 is 5.66 Å². The molecular weight excluding hydrogens is 440 g/mol. The number of hydrogen-bond donors (Lipinski definition) is 2. The van der Waals surface area contributed by atoms with Gasteiger partial charge in [0.2, 0.25) is 11.9 Å². The normalized spacial score (nSPS) is 16.3. The van der Waals surface area contributed by atoms with Crippen molar-refractivity contribution in [2.75, 3.05) is 6.61 Å². The molecule has 4 N–H and O–H groups in total. The summed E-state index contributed by atoms with van der Waals surface area (Å²) in [6, 6.07) is 3.63. The van der Waals surface area contributed by atoms with E-state index in [2.05, 4.69) is 25.9 Å². The third kappa shape index (κ3) is 5.13. The number of rotatable bonds is 5. The smallest absolute Gasteiger partial charge is 0.226 e. The molecule has 1 aliphatic heterocycles. The maximum absolute atomic E-state index is 6.04. The molecule has 1 heterocycles. The second kappa shape index (κ2) is 8.58. The van der Waals surface area contributed by atoms with E-state index >= 15 is 0 Å². The van der Waals surface area contributed by atoms with Crippen LogP contribution in [-0.2, 0) is 11.3 Å². The number of halogens is 4. The predicted molar refractivity (Wildman–Crippen MR) is 105 cm³/mol. The van der Waals surface area contributed by atoms with Gasteiger partial charge in [-0.2, -0.15) is 10.1 Å². The lowest BCUT2D eigenvalue weighted by Gasteiger charge is -2.36. The van der Waals surface area contributed by atoms with E-state index in [1.165, 1.54) is 5.06 Å². The predicted octanol–water partition coefficient (Wildman–Crippen LogP) is 3.72. The average Bonchev–Trinajstić information content (AvgIpc) is 2.41. The highest BCUT2D eigenvalue weighted by Crippen LogP contribution is 2.30. The number of aliphatic imine (C=N–C) groups is 2. The van der Waals surface area contributed by atoms with Crippen molar-refractivity contribution in [2.24, 2.45) is 21.5 Å². The molecule has 0 spiro atoms. The van der Waals surface area contributed by atoms with Gasteiger partial charge in [0.15, 0.2) is 5.66 Å². The Balaban J connectivity index is 0.00000288. The maximum Gasteiger partial charge on any atom is 0.226 e. The minimum absolute atomic E-state index is 0. The van der Waals surface area contributed by atoms with E-state index in [1.807, 2.05) is 19.9 Å². The van der Waals surface area contributed by atoms with Gasteiger partial charge in [-0.25, -0.2) is 4.99 Å². The Morgan fingerprint density at radius 3 is 2.50 bits per heavy atom. The van der Waals surface area contributed by atoms with Gasteiger partial charge in [0, 0.05) is 4.47 Å². The Labute approximate surface area is 165 Å². The van der Waals surface area contributed by atoms with Crippen LogP contribution in [0.2, 0.25) is 10.0 Å². The Morgan fingerprint density at radius 1 is 1.25 bits per heavy atom. The third-order valence-electron chi connectivity index (χ3n) is 3.22. The minimum Gasteiger partial charge on any atom is -0.368 e. The first-order valence-corrected chi connectivity index (χ1v) is 8.51. The van der Waals surface area contributed by atoms with Gasteiger partial charge in [-0.05, 0) is 44.4 Å². The van der Waals surface area contributed by atoms with Gasteiger partial charge in [-0.3, -0.25) is 4.84 Å². The van der Waals surface area contributed by atoms with Crippen molar-refractivity contribution in [1.29, 1.82) is 0 Å². The molecule has 0 atom stereocenters. The molecule has 0 aromatic heterocycles. The van der Waals surface area contributed by atoms with E-state index in [-0.39, 0.29) is 24.3 Å². The van der Waals surface area contributed by atoms with Crippen LogP contribution in [-0.4, -0.2) is 29.3 Å². The number of hydrogen-bond acceptors (Lipinski definition) is 6. The number of hydroxylamine groups is 2. The van der Waals surface area contributed by atoms with Gasteiger partial charge in [0.05, 0.1) is 16.7 Å². The van der Waals surface area contributed by atoms with Crippen molar-refractivity contribution in [3.8, 4) is 0 Å². The molecule has 0 bridgehead atoms. The highest BCUT2D eigenvalue weighted by atomic mass is 79.9. The lowest BCUT2D eigenvalue weighted by molar-refractivity contribution is -0.157. The zero-order valence-corrected chi connectivity index (χ0v) is 17.1. The second-order valence-electron chi connectivity index (χ2n) is 5.52. The van der Waals surface area contributed by atoms with Crippen molar-refractivity contribution in [3.63, 3.8) is 0 Å². The molecule has 2 rings (SSSR count).